The van der Waals surface area contributed by atoms with Gasteiger partial charge in [-0.25, -0.2) is 0 Å². The van der Waals surface area contributed by atoms with Crippen molar-refractivity contribution in [2.45, 2.75) is 12.1 Å². The largest absolute Gasteiger partial charge is 0.497 e. The van der Waals surface area contributed by atoms with Gasteiger partial charge in [-0.05, 0) is 29.8 Å². The van der Waals surface area contributed by atoms with Crippen molar-refractivity contribution in [3.8, 4) is 5.75 Å². The fourth-order valence-corrected chi connectivity index (χ4v) is 2.81. The molecular weight excluding hydrogens is 288 g/mol. The maximum atomic E-state index is 12.2. The molecule has 1 amide bonds. The molecule has 5 heteroatoms. The second-order valence-corrected chi connectivity index (χ2v) is 5.37. The van der Waals surface area contributed by atoms with E-state index in [9.17, 15) is 4.79 Å². The quantitative estimate of drug-likeness (QED) is 0.887. The molecule has 0 spiro atoms. The Morgan fingerprint density at radius 3 is 2.67 bits per heavy atom. The number of halogens is 1. The summed E-state index contributed by atoms with van der Waals surface area (Å²) in [6, 6.07) is 14.0. The van der Waals surface area contributed by atoms with Crippen molar-refractivity contribution in [3.05, 3.63) is 59.1 Å². The highest BCUT2D eigenvalue weighted by Crippen LogP contribution is 2.39. The van der Waals surface area contributed by atoms with Gasteiger partial charge in [0.05, 0.1) is 13.2 Å². The summed E-state index contributed by atoms with van der Waals surface area (Å²) >= 11 is 6.03. The van der Waals surface area contributed by atoms with Gasteiger partial charge in [-0.1, -0.05) is 29.8 Å². The Hall–Kier alpha value is -2.04. The third-order valence-electron chi connectivity index (χ3n) is 3.66. The fraction of sp³-hybridized carbons (Fsp3) is 0.188. The lowest BCUT2D eigenvalue weighted by molar-refractivity contribution is -0.126. The van der Waals surface area contributed by atoms with Gasteiger partial charge in [0.2, 0.25) is 5.91 Å². The average Bonchev–Trinajstić information content (AvgIpc) is 2.51. The van der Waals surface area contributed by atoms with Gasteiger partial charge in [0.15, 0.2) is 0 Å². The monoisotopic (exact) mass is 302 g/mol. The lowest BCUT2D eigenvalue weighted by Gasteiger charge is -2.45. The van der Waals surface area contributed by atoms with E-state index in [1.807, 2.05) is 42.5 Å². The Labute approximate surface area is 128 Å². The van der Waals surface area contributed by atoms with Crippen LogP contribution in [0.4, 0.5) is 5.69 Å². The predicted molar refractivity (Wildman–Crippen MR) is 82.6 cm³/mol. The van der Waals surface area contributed by atoms with Gasteiger partial charge in [0.1, 0.15) is 11.8 Å². The molecule has 1 fully saturated rings. The van der Waals surface area contributed by atoms with E-state index in [-0.39, 0.29) is 11.9 Å². The Morgan fingerprint density at radius 1 is 1.19 bits per heavy atom. The second-order valence-electron chi connectivity index (χ2n) is 4.94. The van der Waals surface area contributed by atoms with Crippen LogP contribution in [0, 0.1) is 0 Å². The third kappa shape index (κ3) is 2.37. The number of anilines is 1. The highest BCUT2D eigenvalue weighted by atomic mass is 35.5. The maximum Gasteiger partial charge on any atom is 0.247 e. The minimum Gasteiger partial charge on any atom is -0.497 e. The van der Waals surface area contributed by atoms with Crippen molar-refractivity contribution in [1.82, 2.24) is 0 Å². The summed E-state index contributed by atoms with van der Waals surface area (Å²) in [5, 5.41) is 0.629. The molecule has 0 bridgehead atoms. The molecule has 0 aliphatic carbocycles. The number of methoxy groups -OCH3 is 1. The topological polar surface area (TPSA) is 55.6 Å². The van der Waals surface area contributed by atoms with Crippen LogP contribution >= 0.6 is 11.6 Å². The number of benzene rings is 2. The van der Waals surface area contributed by atoms with Gasteiger partial charge in [-0.2, -0.15) is 0 Å². The number of carbonyl (C=O) groups excluding carboxylic acids is 1. The zero-order chi connectivity index (χ0) is 15.0. The first-order valence-electron chi connectivity index (χ1n) is 6.60. The van der Waals surface area contributed by atoms with Crippen LogP contribution in [0.3, 0.4) is 0 Å². The van der Waals surface area contributed by atoms with Gasteiger partial charge >= 0.3 is 0 Å². The van der Waals surface area contributed by atoms with Crippen molar-refractivity contribution in [1.29, 1.82) is 0 Å². The number of ether oxygens (including phenoxy) is 1. The Balaban J connectivity index is 1.98. The standard InChI is InChI=1S/C16H15ClN2O2/c1-21-13-7-3-6-12(9-13)19-15(14(18)16(19)20)10-4-2-5-11(17)8-10/h2-9,14-15H,18H2,1H3/t14-,15+/m0/s1. The van der Waals surface area contributed by atoms with E-state index < -0.39 is 6.04 Å². The molecule has 0 radical (unpaired) electrons. The van der Waals surface area contributed by atoms with Gasteiger partial charge in [-0.15, -0.1) is 0 Å². The summed E-state index contributed by atoms with van der Waals surface area (Å²) in [4.78, 5) is 13.8. The molecule has 0 aromatic heterocycles. The van der Waals surface area contributed by atoms with Gasteiger partial charge < -0.3 is 15.4 Å². The van der Waals surface area contributed by atoms with Crippen LogP contribution in [0.1, 0.15) is 11.6 Å². The van der Waals surface area contributed by atoms with Crippen molar-refractivity contribution >= 4 is 23.2 Å². The van der Waals surface area contributed by atoms with Gasteiger partial charge in [0, 0.05) is 16.8 Å². The van der Waals surface area contributed by atoms with Crippen LogP contribution in [0.2, 0.25) is 5.02 Å². The van der Waals surface area contributed by atoms with Crippen LogP contribution in [0.25, 0.3) is 0 Å². The number of hydrogen-bond acceptors (Lipinski definition) is 3. The van der Waals surface area contributed by atoms with Crippen LogP contribution in [-0.2, 0) is 4.79 Å². The number of nitrogens with two attached hydrogens (primary N) is 1. The SMILES string of the molecule is COc1cccc(N2C(=O)[C@@H](N)[C@H]2c2cccc(Cl)c2)c1. The summed E-state index contributed by atoms with van der Waals surface area (Å²) in [7, 11) is 1.59. The van der Waals surface area contributed by atoms with E-state index in [0.717, 1.165) is 11.3 Å². The second kappa shape index (κ2) is 5.39. The normalized spacial score (nSPS) is 21.1. The molecule has 21 heavy (non-hydrogen) atoms. The van der Waals surface area contributed by atoms with Gasteiger partial charge in [0.25, 0.3) is 0 Å². The van der Waals surface area contributed by atoms with E-state index in [4.69, 9.17) is 22.1 Å². The van der Waals surface area contributed by atoms with Crippen LogP contribution < -0.4 is 15.4 Å². The summed E-state index contributed by atoms with van der Waals surface area (Å²) in [5.74, 6) is 0.596. The van der Waals surface area contributed by atoms with E-state index in [1.54, 1.807) is 18.1 Å². The first-order chi connectivity index (χ1) is 10.1. The minimum atomic E-state index is -0.547. The van der Waals surface area contributed by atoms with Crippen molar-refractivity contribution in [2.24, 2.45) is 5.73 Å². The van der Waals surface area contributed by atoms with Crippen molar-refractivity contribution < 1.29 is 9.53 Å². The molecule has 3 rings (SSSR count). The smallest absolute Gasteiger partial charge is 0.247 e. The van der Waals surface area contributed by atoms with Crippen molar-refractivity contribution in [3.63, 3.8) is 0 Å². The Morgan fingerprint density at radius 2 is 1.95 bits per heavy atom. The van der Waals surface area contributed by atoms with E-state index in [0.29, 0.717) is 10.8 Å². The number of rotatable bonds is 3. The first kappa shape index (κ1) is 13.9. The zero-order valence-electron chi connectivity index (χ0n) is 11.5. The highest BCUT2D eigenvalue weighted by molar-refractivity contribution is 6.30. The predicted octanol–water partition coefficient (Wildman–Crippen LogP) is 2.76. The lowest BCUT2D eigenvalue weighted by Crippen LogP contribution is -2.63. The van der Waals surface area contributed by atoms with Crippen LogP contribution in [0.15, 0.2) is 48.5 Å². The molecule has 2 atom stereocenters. The summed E-state index contributed by atoms with van der Waals surface area (Å²) in [6.45, 7) is 0. The molecule has 0 unspecified atom stereocenters. The molecule has 2 aromatic carbocycles. The molecule has 1 saturated heterocycles. The molecule has 2 aromatic rings. The molecular formula is C16H15ClN2O2. The summed E-state index contributed by atoms with van der Waals surface area (Å²) in [5.41, 5.74) is 7.68. The number of nitrogens with zero attached hydrogens (tertiary/aromatic N) is 1. The molecule has 4 nitrogen and oxygen atoms in total. The van der Waals surface area contributed by atoms with E-state index in [1.165, 1.54) is 0 Å². The molecule has 2 N–H and O–H groups in total. The fourth-order valence-electron chi connectivity index (χ4n) is 2.61. The van der Waals surface area contributed by atoms with Gasteiger partial charge in [-0.3, -0.25) is 4.79 Å². The zero-order valence-corrected chi connectivity index (χ0v) is 12.2. The lowest BCUT2D eigenvalue weighted by atomic mass is 9.88. The Kier molecular flexibility index (Phi) is 3.57. The number of carbonyl (C=O) groups is 1. The molecule has 1 aliphatic heterocycles. The van der Waals surface area contributed by atoms with E-state index >= 15 is 0 Å². The molecule has 1 heterocycles. The highest BCUT2D eigenvalue weighted by Gasteiger charge is 2.46. The maximum absolute atomic E-state index is 12.2. The minimum absolute atomic E-state index is 0.103. The van der Waals surface area contributed by atoms with Crippen molar-refractivity contribution in [2.75, 3.05) is 12.0 Å². The number of amides is 1. The first-order valence-corrected chi connectivity index (χ1v) is 6.98. The number of hydrogen-bond donors (Lipinski definition) is 1. The average molecular weight is 303 g/mol. The van der Waals surface area contributed by atoms with E-state index in [2.05, 4.69) is 0 Å². The molecule has 108 valence electrons. The molecule has 1 aliphatic rings. The summed E-state index contributed by atoms with van der Waals surface area (Å²) < 4.78 is 5.21. The number of β-lactam (4-membered cyclic amide) rings is 1. The molecule has 0 saturated carbocycles. The third-order valence-corrected chi connectivity index (χ3v) is 3.90. The van der Waals surface area contributed by atoms with Crippen LogP contribution in [-0.4, -0.2) is 19.1 Å². The van der Waals surface area contributed by atoms with Crippen LogP contribution in [0.5, 0.6) is 5.75 Å². The Bertz CT molecular complexity index is 689. The summed E-state index contributed by atoms with van der Waals surface area (Å²) in [6.07, 6.45) is 0.